The predicted octanol–water partition coefficient (Wildman–Crippen LogP) is 3.52. The number of hydrogen-bond donors (Lipinski definition) is 1. The molecule has 106 valence electrons. The summed E-state index contributed by atoms with van der Waals surface area (Å²) in [5, 5.41) is 11.1. The van der Waals surface area contributed by atoms with E-state index in [1.165, 1.54) is 0 Å². The Labute approximate surface area is 134 Å². The first-order valence-corrected chi connectivity index (χ1v) is 7.40. The maximum Gasteiger partial charge on any atom is 0.238 e. The van der Waals surface area contributed by atoms with Gasteiger partial charge in [0.1, 0.15) is 11.5 Å². The standard InChI is InChI=1S/C13H13Br2N3O2/c1-16-7-8-3-4-13(18-17-8)20-12-6-9(14)11(19-2)5-10(12)15/h3-6,16H,7H2,1-2H3. The lowest BCUT2D eigenvalue weighted by atomic mass is 10.3. The fraction of sp³-hybridized carbons (Fsp3) is 0.231. The van der Waals surface area contributed by atoms with Gasteiger partial charge in [-0.3, -0.25) is 0 Å². The minimum Gasteiger partial charge on any atom is -0.496 e. The average molecular weight is 403 g/mol. The molecule has 0 saturated carbocycles. The third kappa shape index (κ3) is 3.68. The van der Waals surface area contributed by atoms with Crippen LogP contribution in [0.3, 0.4) is 0 Å². The van der Waals surface area contributed by atoms with Crippen LogP contribution in [0.2, 0.25) is 0 Å². The molecule has 0 amide bonds. The van der Waals surface area contributed by atoms with Gasteiger partial charge in [-0.25, -0.2) is 0 Å². The molecule has 0 aliphatic rings. The van der Waals surface area contributed by atoms with Gasteiger partial charge in [0.05, 0.1) is 21.7 Å². The summed E-state index contributed by atoms with van der Waals surface area (Å²) in [5.74, 6) is 1.79. The summed E-state index contributed by atoms with van der Waals surface area (Å²) in [7, 11) is 3.47. The maximum absolute atomic E-state index is 5.70. The van der Waals surface area contributed by atoms with Crippen molar-refractivity contribution in [1.82, 2.24) is 15.5 Å². The van der Waals surface area contributed by atoms with E-state index < -0.39 is 0 Å². The quantitative estimate of drug-likeness (QED) is 0.829. The zero-order chi connectivity index (χ0) is 14.5. The number of nitrogens with one attached hydrogen (secondary N) is 1. The molecule has 1 N–H and O–H groups in total. The Hall–Kier alpha value is -1.18. The highest BCUT2D eigenvalue weighted by Gasteiger charge is 2.10. The van der Waals surface area contributed by atoms with E-state index in [2.05, 4.69) is 47.4 Å². The molecule has 2 rings (SSSR count). The third-order valence-corrected chi connectivity index (χ3v) is 3.71. The van der Waals surface area contributed by atoms with Crippen LogP contribution < -0.4 is 14.8 Å². The van der Waals surface area contributed by atoms with Gasteiger partial charge >= 0.3 is 0 Å². The molecule has 0 fully saturated rings. The van der Waals surface area contributed by atoms with Crippen LogP contribution in [0.4, 0.5) is 0 Å². The first kappa shape index (κ1) is 15.2. The van der Waals surface area contributed by atoms with Crippen molar-refractivity contribution in [2.24, 2.45) is 0 Å². The highest BCUT2D eigenvalue weighted by molar-refractivity contribution is 9.11. The van der Waals surface area contributed by atoms with Crippen LogP contribution in [0.15, 0.2) is 33.2 Å². The molecular formula is C13H13Br2N3O2. The zero-order valence-corrected chi connectivity index (χ0v) is 14.2. The fourth-order valence-corrected chi connectivity index (χ4v) is 2.42. The molecule has 0 spiro atoms. The van der Waals surface area contributed by atoms with Crippen LogP contribution in [0.5, 0.6) is 17.4 Å². The lowest BCUT2D eigenvalue weighted by Gasteiger charge is -2.10. The van der Waals surface area contributed by atoms with Crippen LogP contribution in [-0.4, -0.2) is 24.4 Å². The van der Waals surface area contributed by atoms with Crippen LogP contribution in [-0.2, 0) is 6.54 Å². The molecule has 2 aromatic rings. The molecule has 0 radical (unpaired) electrons. The van der Waals surface area contributed by atoms with Crippen molar-refractivity contribution in [3.63, 3.8) is 0 Å². The van der Waals surface area contributed by atoms with Crippen LogP contribution in [0.25, 0.3) is 0 Å². The van der Waals surface area contributed by atoms with Gasteiger partial charge in [0.2, 0.25) is 5.88 Å². The molecule has 0 aliphatic carbocycles. The molecule has 1 aromatic heterocycles. The second kappa shape index (κ2) is 7.01. The second-order valence-electron chi connectivity index (χ2n) is 3.91. The Morgan fingerprint density at radius 2 is 1.80 bits per heavy atom. The maximum atomic E-state index is 5.70. The van der Waals surface area contributed by atoms with E-state index >= 15 is 0 Å². The average Bonchev–Trinajstić information content (AvgIpc) is 2.45. The van der Waals surface area contributed by atoms with E-state index in [0.717, 1.165) is 20.4 Å². The van der Waals surface area contributed by atoms with E-state index in [9.17, 15) is 0 Å². The molecule has 5 nitrogen and oxygen atoms in total. The first-order chi connectivity index (χ1) is 9.63. The van der Waals surface area contributed by atoms with Gasteiger partial charge in [0, 0.05) is 12.6 Å². The van der Waals surface area contributed by atoms with Gasteiger partial charge in [-0.15, -0.1) is 5.10 Å². The number of benzene rings is 1. The van der Waals surface area contributed by atoms with Crippen molar-refractivity contribution in [2.75, 3.05) is 14.2 Å². The van der Waals surface area contributed by atoms with Gasteiger partial charge in [0.15, 0.2) is 0 Å². The Bertz CT molecular complexity index is 591. The fourth-order valence-electron chi connectivity index (χ4n) is 1.54. The number of aromatic nitrogens is 2. The van der Waals surface area contributed by atoms with Crippen LogP contribution in [0, 0.1) is 0 Å². The van der Waals surface area contributed by atoms with Crippen molar-refractivity contribution in [2.45, 2.75) is 6.54 Å². The molecule has 1 heterocycles. The molecular weight excluding hydrogens is 390 g/mol. The summed E-state index contributed by atoms with van der Waals surface area (Å²) in [5.41, 5.74) is 0.856. The van der Waals surface area contributed by atoms with Gasteiger partial charge in [0.25, 0.3) is 0 Å². The Balaban J connectivity index is 2.19. The summed E-state index contributed by atoms with van der Waals surface area (Å²) in [6.07, 6.45) is 0. The molecule has 0 aliphatic heterocycles. The number of nitrogens with zero attached hydrogens (tertiary/aromatic N) is 2. The van der Waals surface area contributed by atoms with E-state index in [4.69, 9.17) is 9.47 Å². The van der Waals surface area contributed by atoms with Crippen molar-refractivity contribution in [3.8, 4) is 17.4 Å². The SMILES string of the molecule is CNCc1ccc(Oc2cc(Br)c(OC)cc2Br)nn1. The Kier molecular flexibility index (Phi) is 5.33. The van der Waals surface area contributed by atoms with Gasteiger partial charge < -0.3 is 14.8 Å². The monoisotopic (exact) mass is 401 g/mol. The van der Waals surface area contributed by atoms with Crippen molar-refractivity contribution in [1.29, 1.82) is 0 Å². The minimum absolute atomic E-state index is 0.433. The Morgan fingerprint density at radius 3 is 2.40 bits per heavy atom. The van der Waals surface area contributed by atoms with Gasteiger partial charge in [-0.2, -0.15) is 5.10 Å². The van der Waals surface area contributed by atoms with E-state index in [-0.39, 0.29) is 0 Å². The predicted molar refractivity (Wildman–Crippen MR) is 83.3 cm³/mol. The first-order valence-electron chi connectivity index (χ1n) is 5.82. The molecule has 0 bridgehead atoms. The number of ether oxygens (including phenoxy) is 2. The molecule has 0 atom stereocenters. The summed E-state index contributed by atoms with van der Waals surface area (Å²) in [6, 6.07) is 7.28. The second-order valence-corrected chi connectivity index (χ2v) is 5.62. The van der Waals surface area contributed by atoms with Gasteiger partial charge in [-0.1, -0.05) is 0 Å². The van der Waals surface area contributed by atoms with E-state index in [1.54, 1.807) is 13.2 Å². The molecule has 0 unspecified atom stereocenters. The van der Waals surface area contributed by atoms with Crippen molar-refractivity contribution in [3.05, 3.63) is 38.9 Å². The summed E-state index contributed by atoms with van der Waals surface area (Å²) in [6.45, 7) is 0.672. The van der Waals surface area contributed by atoms with Crippen molar-refractivity contribution >= 4 is 31.9 Å². The zero-order valence-electron chi connectivity index (χ0n) is 11.0. The lowest BCUT2D eigenvalue weighted by molar-refractivity contribution is 0.408. The molecule has 7 heteroatoms. The highest BCUT2D eigenvalue weighted by atomic mass is 79.9. The summed E-state index contributed by atoms with van der Waals surface area (Å²) >= 11 is 6.85. The number of hydrogen-bond acceptors (Lipinski definition) is 5. The van der Waals surface area contributed by atoms with Crippen molar-refractivity contribution < 1.29 is 9.47 Å². The van der Waals surface area contributed by atoms with E-state index in [0.29, 0.717) is 18.2 Å². The molecule has 20 heavy (non-hydrogen) atoms. The van der Waals surface area contributed by atoms with E-state index in [1.807, 2.05) is 25.2 Å². The number of halogens is 2. The minimum atomic E-state index is 0.433. The normalized spacial score (nSPS) is 10.4. The third-order valence-electron chi connectivity index (χ3n) is 2.47. The molecule has 0 saturated heterocycles. The number of methoxy groups -OCH3 is 1. The lowest BCUT2D eigenvalue weighted by Crippen LogP contribution is -2.07. The summed E-state index contributed by atoms with van der Waals surface area (Å²) in [4.78, 5) is 0. The molecule has 1 aromatic carbocycles. The van der Waals surface area contributed by atoms with Gasteiger partial charge in [-0.05, 0) is 57.1 Å². The smallest absolute Gasteiger partial charge is 0.238 e. The number of rotatable bonds is 5. The topological polar surface area (TPSA) is 56.3 Å². The van der Waals surface area contributed by atoms with Crippen LogP contribution in [0.1, 0.15) is 5.69 Å². The highest BCUT2D eigenvalue weighted by Crippen LogP contribution is 2.37. The Morgan fingerprint density at radius 1 is 1.10 bits per heavy atom. The summed E-state index contributed by atoms with van der Waals surface area (Å²) < 4.78 is 12.5. The largest absolute Gasteiger partial charge is 0.496 e. The van der Waals surface area contributed by atoms with Crippen LogP contribution >= 0.6 is 31.9 Å².